The molecule has 1 heterocycles. The molecule has 1 amide bonds. The number of pyridine rings is 1. The molecule has 0 atom stereocenters. The largest absolute Gasteiger partial charge is 0.323 e. The fourth-order valence-electron chi connectivity index (χ4n) is 2.44. The Morgan fingerprint density at radius 3 is 2.44 bits per heavy atom. The zero-order valence-electron chi connectivity index (χ0n) is 14.8. The highest BCUT2D eigenvalue weighted by atomic mass is 35.5. The van der Waals surface area contributed by atoms with Crippen molar-refractivity contribution in [2.75, 3.05) is 18.4 Å². The molecule has 0 aliphatic carbocycles. The molecule has 146 valence electrons. The van der Waals surface area contributed by atoms with Crippen LogP contribution in [0.1, 0.15) is 13.8 Å². The molecule has 10 heteroatoms. The number of nitrogens with zero attached hydrogens (tertiary/aromatic N) is 2. The van der Waals surface area contributed by atoms with E-state index in [-0.39, 0.29) is 16.5 Å². The van der Waals surface area contributed by atoms with E-state index in [4.69, 9.17) is 23.2 Å². The first kappa shape index (κ1) is 21.4. The number of halogens is 2. The highest BCUT2D eigenvalue weighted by Gasteiger charge is 2.22. The van der Waals surface area contributed by atoms with E-state index in [0.29, 0.717) is 23.8 Å². The summed E-state index contributed by atoms with van der Waals surface area (Å²) in [4.78, 5) is 24.3. The molecule has 0 bridgehead atoms. The Morgan fingerprint density at radius 1 is 1.15 bits per heavy atom. The Hall–Kier alpha value is -1.87. The molecule has 0 unspecified atom stereocenters. The van der Waals surface area contributed by atoms with E-state index < -0.39 is 21.5 Å². The highest BCUT2D eigenvalue weighted by Crippen LogP contribution is 2.25. The van der Waals surface area contributed by atoms with Crippen LogP contribution in [0.4, 0.5) is 5.69 Å². The lowest BCUT2D eigenvalue weighted by atomic mass is 10.3. The van der Waals surface area contributed by atoms with Crippen molar-refractivity contribution in [2.24, 2.45) is 0 Å². The van der Waals surface area contributed by atoms with Gasteiger partial charge in [-0.05, 0) is 24.3 Å². The third kappa shape index (κ3) is 5.10. The molecule has 0 saturated carbocycles. The van der Waals surface area contributed by atoms with Gasteiger partial charge in [-0.2, -0.15) is 4.31 Å². The number of rotatable bonds is 7. The van der Waals surface area contributed by atoms with Crippen LogP contribution in [0.3, 0.4) is 0 Å². The van der Waals surface area contributed by atoms with Gasteiger partial charge in [-0.1, -0.05) is 37.0 Å². The number of hydrogen-bond acceptors (Lipinski definition) is 4. The fraction of sp³-hybridized carbons (Fsp3) is 0.294. The summed E-state index contributed by atoms with van der Waals surface area (Å²) in [6.45, 7) is 3.67. The number of amides is 1. The molecule has 1 aromatic carbocycles. The van der Waals surface area contributed by atoms with Crippen molar-refractivity contribution in [1.82, 2.24) is 8.87 Å². The zero-order chi connectivity index (χ0) is 20.2. The Bertz CT molecular complexity index is 1000. The quantitative estimate of drug-likeness (QED) is 0.729. The third-order valence-electron chi connectivity index (χ3n) is 3.82. The molecular weight excluding hydrogens is 413 g/mol. The first-order chi connectivity index (χ1) is 12.7. The first-order valence-electron chi connectivity index (χ1n) is 8.14. The van der Waals surface area contributed by atoms with Crippen LogP contribution in [0.15, 0.2) is 46.2 Å². The number of carbonyl (C=O) groups excluding carboxylic acids is 1. The number of aromatic nitrogens is 1. The molecule has 0 aliphatic heterocycles. The van der Waals surface area contributed by atoms with Crippen LogP contribution in [0.2, 0.25) is 10.0 Å². The number of anilines is 1. The summed E-state index contributed by atoms with van der Waals surface area (Å²) in [5.74, 6) is -0.543. The molecule has 0 spiro atoms. The van der Waals surface area contributed by atoms with Crippen LogP contribution in [-0.4, -0.2) is 36.3 Å². The molecule has 0 aliphatic rings. The van der Waals surface area contributed by atoms with E-state index in [2.05, 4.69) is 5.32 Å². The van der Waals surface area contributed by atoms with Crippen LogP contribution in [0.5, 0.6) is 0 Å². The van der Waals surface area contributed by atoms with Gasteiger partial charge < -0.3 is 9.88 Å². The molecule has 2 rings (SSSR count). The minimum atomic E-state index is -3.74. The van der Waals surface area contributed by atoms with Gasteiger partial charge in [0.05, 0.1) is 15.6 Å². The van der Waals surface area contributed by atoms with Crippen LogP contribution >= 0.6 is 23.2 Å². The number of carbonyl (C=O) groups is 1. The lowest BCUT2D eigenvalue weighted by Crippen LogP contribution is -2.33. The number of sulfonamides is 1. The number of benzene rings is 1. The standard InChI is InChI=1S/C17H19Cl2N3O4S/c1-3-22(4-2)27(25,26)13-6-8-17(24)21(10-13)11-16(23)20-15-9-12(18)5-7-14(15)19/h5-10H,3-4,11H2,1-2H3,(H,20,23). The number of nitrogens with one attached hydrogen (secondary N) is 1. The maximum atomic E-state index is 12.6. The third-order valence-corrected chi connectivity index (χ3v) is 6.41. The van der Waals surface area contributed by atoms with E-state index in [0.717, 1.165) is 16.8 Å². The minimum Gasteiger partial charge on any atom is -0.323 e. The Kier molecular flexibility index (Phi) is 7.05. The summed E-state index contributed by atoms with van der Waals surface area (Å²) >= 11 is 11.9. The van der Waals surface area contributed by atoms with Crippen LogP contribution in [0.25, 0.3) is 0 Å². The maximum Gasteiger partial charge on any atom is 0.251 e. The Balaban J connectivity index is 2.27. The highest BCUT2D eigenvalue weighted by molar-refractivity contribution is 7.89. The van der Waals surface area contributed by atoms with Gasteiger partial charge in [0.1, 0.15) is 6.54 Å². The SMILES string of the molecule is CCN(CC)S(=O)(=O)c1ccc(=O)n(CC(=O)Nc2cc(Cl)ccc2Cl)c1. The van der Waals surface area contributed by atoms with E-state index in [1.807, 2.05) is 0 Å². The summed E-state index contributed by atoms with van der Waals surface area (Å²) in [6.07, 6.45) is 1.16. The van der Waals surface area contributed by atoms with Crippen molar-refractivity contribution in [3.63, 3.8) is 0 Å². The average Bonchev–Trinajstić information content (AvgIpc) is 2.60. The molecule has 1 N–H and O–H groups in total. The first-order valence-corrected chi connectivity index (χ1v) is 10.3. The minimum absolute atomic E-state index is 0.0561. The Labute approximate surface area is 167 Å². The fourth-order valence-corrected chi connectivity index (χ4v) is 4.25. The average molecular weight is 432 g/mol. The second kappa shape index (κ2) is 8.88. The van der Waals surface area contributed by atoms with Gasteiger partial charge in [0, 0.05) is 30.4 Å². The van der Waals surface area contributed by atoms with Crippen molar-refractivity contribution in [3.8, 4) is 0 Å². The molecule has 27 heavy (non-hydrogen) atoms. The lowest BCUT2D eigenvalue weighted by Gasteiger charge is -2.19. The smallest absolute Gasteiger partial charge is 0.251 e. The molecule has 2 aromatic rings. The van der Waals surface area contributed by atoms with E-state index in [1.54, 1.807) is 19.9 Å². The van der Waals surface area contributed by atoms with Gasteiger partial charge >= 0.3 is 0 Å². The summed E-state index contributed by atoms with van der Waals surface area (Å²) < 4.78 is 27.5. The number of hydrogen-bond donors (Lipinski definition) is 1. The lowest BCUT2D eigenvalue weighted by molar-refractivity contribution is -0.116. The predicted molar refractivity (Wildman–Crippen MR) is 106 cm³/mol. The summed E-state index contributed by atoms with van der Waals surface area (Å²) in [5.41, 5.74) is -0.199. The van der Waals surface area contributed by atoms with E-state index in [1.165, 1.54) is 22.5 Å². The normalized spacial score (nSPS) is 11.6. The summed E-state index contributed by atoms with van der Waals surface area (Å²) in [5, 5.41) is 3.23. The predicted octanol–water partition coefficient (Wildman–Crippen LogP) is 2.82. The van der Waals surface area contributed by atoms with Crippen molar-refractivity contribution >= 4 is 44.8 Å². The zero-order valence-corrected chi connectivity index (χ0v) is 17.1. The van der Waals surface area contributed by atoms with Crippen LogP contribution < -0.4 is 10.9 Å². The van der Waals surface area contributed by atoms with Crippen molar-refractivity contribution in [2.45, 2.75) is 25.3 Å². The van der Waals surface area contributed by atoms with Gasteiger partial charge in [-0.25, -0.2) is 8.42 Å². The topological polar surface area (TPSA) is 88.5 Å². The van der Waals surface area contributed by atoms with Crippen molar-refractivity contribution in [3.05, 3.63) is 56.9 Å². The molecule has 0 saturated heterocycles. The van der Waals surface area contributed by atoms with Gasteiger partial charge in [0.25, 0.3) is 5.56 Å². The maximum absolute atomic E-state index is 12.6. The van der Waals surface area contributed by atoms with Crippen molar-refractivity contribution in [1.29, 1.82) is 0 Å². The molecule has 1 aromatic heterocycles. The van der Waals surface area contributed by atoms with Gasteiger partial charge in [-0.15, -0.1) is 0 Å². The second-order valence-electron chi connectivity index (χ2n) is 5.59. The summed E-state index contributed by atoms with van der Waals surface area (Å²) in [6, 6.07) is 6.94. The molecule has 7 nitrogen and oxygen atoms in total. The Morgan fingerprint density at radius 2 is 1.81 bits per heavy atom. The van der Waals surface area contributed by atoms with E-state index in [9.17, 15) is 18.0 Å². The van der Waals surface area contributed by atoms with E-state index >= 15 is 0 Å². The van der Waals surface area contributed by atoms with Gasteiger partial charge in [-0.3, -0.25) is 9.59 Å². The van der Waals surface area contributed by atoms with Crippen molar-refractivity contribution < 1.29 is 13.2 Å². The van der Waals surface area contributed by atoms with Gasteiger partial charge in [0.2, 0.25) is 15.9 Å². The van der Waals surface area contributed by atoms with Crippen LogP contribution in [-0.2, 0) is 21.4 Å². The second-order valence-corrected chi connectivity index (χ2v) is 8.37. The summed E-state index contributed by atoms with van der Waals surface area (Å²) in [7, 11) is -3.74. The monoisotopic (exact) mass is 431 g/mol. The molecule has 0 radical (unpaired) electrons. The molecular formula is C17H19Cl2N3O4S. The molecule has 0 fully saturated rings. The van der Waals surface area contributed by atoms with Gasteiger partial charge in [0.15, 0.2) is 0 Å². The van der Waals surface area contributed by atoms with Crippen LogP contribution in [0, 0.1) is 0 Å².